The molecule has 2 atom stereocenters. The number of halogens is 1. The maximum absolute atomic E-state index is 4.50. The highest BCUT2D eigenvalue weighted by Gasteiger charge is 2.35. The minimum Gasteiger partial charge on any atom is -0.307 e. The van der Waals surface area contributed by atoms with Gasteiger partial charge in [0.15, 0.2) is 0 Å². The first kappa shape index (κ1) is 10.7. The van der Waals surface area contributed by atoms with E-state index < -0.39 is 0 Å². The molecule has 0 saturated carbocycles. The van der Waals surface area contributed by atoms with Crippen LogP contribution in [0.25, 0.3) is 11.3 Å². The zero-order valence-electron chi connectivity index (χ0n) is 9.78. The SMILES string of the molecule is Brc1cncc(-c2n[nH]c3c2[C@@H]2CC[C@H](C3)N2)c1. The van der Waals surface area contributed by atoms with Gasteiger partial charge in [-0.15, -0.1) is 0 Å². The van der Waals surface area contributed by atoms with Gasteiger partial charge in [0.25, 0.3) is 0 Å². The predicted octanol–water partition coefficient (Wildman–Crippen LogP) is 2.58. The van der Waals surface area contributed by atoms with Crippen molar-refractivity contribution < 1.29 is 0 Å². The number of H-pyrrole nitrogens is 1. The van der Waals surface area contributed by atoms with Crippen molar-refractivity contribution in [3.8, 4) is 11.3 Å². The molecule has 18 heavy (non-hydrogen) atoms. The van der Waals surface area contributed by atoms with Gasteiger partial charge in [-0.05, 0) is 34.8 Å². The summed E-state index contributed by atoms with van der Waals surface area (Å²) in [6.07, 6.45) is 7.23. The summed E-state index contributed by atoms with van der Waals surface area (Å²) >= 11 is 3.47. The number of aromatic amines is 1. The van der Waals surface area contributed by atoms with Gasteiger partial charge in [0.1, 0.15) is 0 Å². The molecule has 1 fully saturated rings. The lowest BCUT2D eigenvalue weighted by Gasteiger charge is -2.21. The zero-order chi connectivity index (χ0) is 12.1. The number of pyridine rings is 1. The summed E-state index contributed by atoms with van der Waals surface area (Å²) in [7, 11) is 0. The Balaban J connectivity index is 1.86. The second kappa shape index (κ2) is 3.90. The van der Waals surface area contributed by atoms with Crippen molar-refractivity contribution in [1.82, 2.24) is 20.5 Å². The number of nitrogens with one attached hydrogen (secondary N) is 2. The van der Waals surface area contributed by atoms with E-state index in [0.717, 1.165) is 22.2 Å². The number of hydrogen-bond acceptors (Lipinski definition) is 3. The van der Waals surface area contributed by atoms with Crippen molar-refractivity contribution in [3.05, 3.63) is 34.2 Å². The van der Waals surface area contributed by atoms with Crippen molar-refractivity contribution in [2.45, 2.75) is 31.3 Å². The summed E-state index contributed by atoms with van der Waals surface area (Å²) in [6, 6.07) is 3.17. The van der Waals surface area contributed by atoms with Crippen LogP contribution in [0.4, 0.5) is 0 Å². The van der Waals surface area contributed by atoms with Gasteiger partial charge in [-0.2, -0.15) is 5.10 Å². The smallest absolute Gasteiger partial charge is 0.0987 e. The van der Waals surface area contributed by atoms with Gasteiger partial charge in [-0.25, -0.2) is 0 Å². The lowest BCUT2D eigenvalue weighted by atomic mass is 9.97. The highest BCUT2D eigenvalue weighted by atomic mass is 79.9. The number of nitrogens with zero attached hydrogens (tertiary/aromatic N) is 2. The van der Waals surface area contributed by atoms with Crippen LogP contribution in [0, 0.1) is 0 Å². The molecular weight excluding hydrogens is 292 g/mol. The van der Waals surface area contributed by atoms with Crippen LogP contribution in [0.5, 0.6) is 0 Å². The molecule has 1 saturated heterocycles. The summed E-state index contributed by atoms with van der Waals surface area (Å²) < 4.78 is 0.991. The molecule has 5 heteroatoms. The summed E-state index contributed by atoms with van der Waals surface area (Å²) in [5.74, 6) is 0. The number of fused-ring (bicyclic) bond motifs is 4. The molecule has 2 N–H and O–H groups in total. The Morgan fingerprint density at radius 2 is 2.22 bits per heavy atom. The predicted molar refractivity (Wildman–Crippen MR) is 72.1 cm³/mol. The Bertz CT molecular complexity index is 607. The van der Waals surface area contributed by atoms with E-state index in [9.17, 15) is 0 Å². The van der Waals surface area contributed by atoms with Crippen LogP contribution >= 0.6 is 15.9 Å². The largest absolute Gasteiger partial charge is 0.307 e. The lowest BCUT2D eigenvalue weighted by Crippen LogP contribution is -2.31. The van der Waals surface area contributed by atoms with Crippen LogP contribution in [0.1, 0.15) is 30.1 Å². The lowest BCUT2D eigenvalue weighted by molar-refractivity contribution is 0.511. The van der Waals surface area contributed by atoms with Crippen LogP contribution in [0.3, 0.4) is 0 Å². The standard InChI is InChI=1S/C13H13BrN4/c14-8-3-7(5-15-6-8)13-12-10-2-1-9(16-10)4-11(12)17-18-13/h3,5-6,9-10,16H,1-2,4H2,(H,17,18)/t9-,10+/m1/s1. The average Bonchev–Trinajstić information content (AvgIpc) is 2.95. The molecule has 4 rings (SSSR count). The van der Waals surface area contributed by atoms with Gasteiger partial charge in [0, 0.05) is 52.2 Å². The Hall–Kier alpha value is -1.20. The van der Waals surface area contributed by atoms with Crippen molar-refractivity contribution in [2.24, 2.45) is 0 Å². The summed E-state index contributed by atoms with van der Waals surface area (Å²) in [5.41, 5.74) is 4.78. The number of rotatable bonds is 1. The van der Waals surface area contributed by atoms with E-state index in [0.29, 0.717) is 12.1 Å². The third kappa shape index (κ3) is 1.54. The Morgan fingerprint density at radius 1 is 1.28 bits per heavy atom. The second-order valence-electron chi connectivity index (χ2n) is 5.05. The molecule has 2 aromatic rings. The molecule has 0 spiro atoms. The molecule has 2 aliphatic rings. The van der Waals surface area contributed by atoms with E-state index in [-0.39, 0.29) is 0 Å². The molecule has 0 aliphatic carbocycles. The first-order valence-electron chi connectivity index (χ1n) is 6.25. The zero-order valence-corrected chi connectivity index (χ0v) is 11.4. The topological polar surface area (TPSA) is 53.6 Å². The van der Waals surface area contributed by atoms with E-state index in [1.54, 1.807) is 6.20 Å². The van der Waals surface area contributed by atoms with Gasteiger partial charge < -0.3 is 5.32 Å². The molecule has 2 aliphatic heterocycles. The van der Waals surface area contributed by atoms with Crippen LogP contribution < -0.4 is 5.32 Å². The molecule has 4 heterocycles. The van der Waals surface area contributed by atoms with Gasteiger partial charge in [0.2, 0.25) is 0 Å². The Labute approximate surface area is 113 Å². The summed E-state index contributed by atoms with van der Waals surface area (Å²) in [6.45, 7) is 0. The van der Waals surface area contributed by atoms with E-state index in [2.05, 4.69) is 42.5 Å². The molecule has 4 nitrogen and oxygen atoms in total. The highest BCUT2D eigenvalue weighted by molar-refractivity contribution is 9.10. The third-order valence-corrected chi connectivity index (χ3v) is 4.33. The first-order valence-corrected chi connectivity index (χ1v) is 7.04. The third-order valence-electron chi connectivity index (χ3n) is 3.90. The number of hydrogen-bond donors (Lipinski definition) is 2. The minimum atomic E-state index is 0.464. The van der Waals surface area contributed by atoms with Gasteiger partial charge in [-0.1, -0.05) is 0 Å². The molecular formula is C13H13BrN4. The first-order chi connectivity index (χ1) is 8.81. The Kier molecular flexibility index (Phi) is 2.32. The fraction of sp³-hybridized carbons (Fsp3) is 0.385. The van der Waals surface area contributed by atoms with Crippen LogP contribution in [0.2, 0.25) is 0 Å². The second-order valence-corrected chi connectivity index (χ2v) is 5.97. The van der Waals surface area contributed by atoms with Crippen LogP contribution in [-0.4, -0.2) is 21.2 Å². The molecule has 2 bridgehead atoms. The molecule has 0 radical (unpaired) electrons. The van der Waals surface area contributed by atoms with Gasteiger partial charge >= 0.3 is 0 Å². The van der Waals surface area contributed by atoms with Crippen molar-refractivity contribution in [2.75, 3.05) is 0 Å². The van der Waals surface area contributed by atoms with Gasteiger partial charge in [0.05, 0.1) is 5.69 Å². The summed E-state index contributed by atoms with van der Waals surface area (Å²) in [4.78, 5) is 4.23. The molecule has 2 aromatic heterocycles. The quantitative estimate of drug-likeness (QED) is 0.851. The Morgan fingerprint density at radius 3 is 3.11 bits per heavy atom. The van der Waals surface area contributed by atoms with Crippen molar-refractivity contribution in [3.63, 3.8) is 0 Å². The minimum absolute atomic E-state index is 0.464. The van der Waals surface area contributed by atoms with E-state index in [1.165, 1.54) is 24.1 Å². The average molecular weight is 305 g/mol. The van der Waals surface area contributed by atoms with Crippen LogP contribution in [0.15, 0.2) is 22.9 Å². The fourth-order valence-electron chi connectivity index (χ4n) is 3.13. The van der Waals surface area contributed by atoms with E-state index >= 15 is 0 Å². The van der Waals surface area contributed by atoms with Crippen molar-refractivity contribution in [1.29, 1.82) is 0 Å². The van der Waals surface area contributed by atoms with E-state index in [4.69, 9.17) is 0 Å². The molecule has 92 valence electrons. The van der Waals surface area contributed by atoms with Crippen molar-refractivity contribution >= 4 is 15.9 Å². The summed E-state index contributed by atoms with van der Waals surface area (Å²) in [5, 5.41) is 11.4. The maximum atomic E-state index is 4.50. The number of aromatic nitrogens is 3. The fourth-order valence-corrected chi connectivity index (χ4v) is 3.50. The molecule has 0 aromatic carbocycles. The normalized spacial score (nSPS) is 25.2. The monoisotopic (exact) mass is 304 g/mol. The van der Waals surface area contributed by atoms with E-state index in [1.807, 2.05) is 6.20 Å². The molecule has 0 unspecified atom stereocenters. The van der Waals surface area contributed by atoms with Gasteiger partial charge in [-0.3, -0.25) is 10.1 Å². The highest BCUT2D eigenvalue weighted by Crippen LogP contribution is 2.40. The van der Waals surface area contributed by atoms with Crippen LogP contribution in [-0.2, 0) is 6.42 Å². The molecule has 0 amide bonds. The maximum Gasteiger partial charge on any atom is 0.0987 e.